The number of likely N-dealkylation sites (N-methyl/N-ethyl adjacent to an activating group) is 1. The summed E-state index contributed by atoms with van der Waals surface area (Å²) in [5.74, 6) is -0.204. The van der Waals surface area contributed by atoms with Crippen molar-refractivity contribution in [3.8, 4) is 0 Å². The number of amides is 1. The SMILES string of the molecule is CCN(Cc1ccccc1)C(=O)CN(C(C)c1ccccc1)S(C)(=O)=O. The van der Waals surface area contributed by atoms with E-state index in [1.54, 1.807) is 11.8 Å². The van der Waals surface area contributed by atoms with E-state index >= 15 is 0 Å². The Morgan fingerprint density at radius 2 is 1.54 bits per heavy atom. The Morgan fingerprint density at radius 1 is 1.00 bits per heavy atom. The molecular weight excluding hydrogens is 348 g/mol. The summed E-state index contributed by atoms with van der Waals surface area (Å²) in [5, 5.41) is 0. The van der Waals surface area contributed by atoms with Crippen LogP contribution >= 0.6 is 0 Å². The number of hydrogen-bond acceptors (Lipinski definition) is 3. The molecule has 140 valence electrons. The van der Waals surface area contributed by atoms with E-state index in [0.717, 1.165) is 17.4 Å². The van der Waals surface area contributed by atoms with Gasteiger partial charge in [0.25, 0.3) is 0 Å². The molecule has 2 aromatic rings. The van der Waals surface area contributed by atoms with Gasteiger partial charge in [-0.3, -0.25) is 4.79 Å². The molecule has 2 aromatic carbocycles. The van der Waals surface area contributed by atoms with Gasteiger partial charge in [0.05, 0.1) is 12.8 Å². The predicted octanol–water partition coefficient (Wildman–Crippen LogP) is 3.06. The highest BCUT2D eigenvalue weighted by Gasteiger charge is 2.28. The molecule has 0 fully saturated rings. The van der Waals surface area contributed by atoms with Crippen LogP contribution in [0.2, 0.25) is 0 Å². The molecule has 2 rings (SSSR count). The van der Waals surface area contributed by atoms with Crippen molar-refractivity contribution in [2.75, 3.05) is 19.3 Å². The Balaban J connectivity index is 2.17. The molecule has 1 unspecified atom stereocenters. The molecule has 1 atom stereocenters. The average Bonchev–Trinajstić information content (AvgIpc) is 2.64. The first-order valence-corrected chi connectivity index (χ1v) is 10.5. The molecular formula is C20H26N2O3S. The largest absolute Gasteiger partial charge is 0.338 e. The monoisotopic (exact) mass is 374 g/mol. The molecule has 0 aromatic heterocycles. The van der Waals surface area contributed by atoms with E-state index in [1.165, 1.54) is 4.31 Å². The fourth-order valence-electron chi connectivity index (χ4n) is 2.85. The quantitative estimate of drug-likeness (QED) is 0.713. The molecule has 0 spiro atoms. The minimum atomic E-state index is -3.54. The predicted molar refractivity (Wildman–Crippen MR) is 104 cm³/mol. The second-order valence-corrected chi connectivity index (χ2v) is 8.22. The first-order chi connectivity index (χ1) is 12.3. The molecule has 0 radical (unpaired) electrons. The van der Waals surface area contributed by atoms with Gasteiger partial charge in [0, 0.05) is 19.1 Å². The fourth-order valence-corrected chi connectivity index (χ4v) is 3.89. The van der Waals surface area contributed by atoms with Gasteiger partial charge in [-0.05, 0) is 25.0 Å². The maximum absolute atomic E-state index is 12.8. The Bertz CT molecular complexity index is 807. The van der Waals surface area contributed by atoms with Crippen molar-refractivity contribution in [3.05, 3.63) is 71.8 Å². The summed E-state index contributed by atoms with van der Waals surface area (Å²) in [6, 6.07) is 18.6. The molecule has 0 saturated heterocycles. The number of nitrogens with zero attached hydrogens (tertiary/aromatic N) is 2. The van der Waals surface area contributed by atoms with Crippen molar-refractivity contribution in [2.24, 2.45) is 0 Å². The second-order valence-electron chi connectivity index (χ2n) is 6.29. The van der Waals surface area contributed by atoms with Crippen LogP contribution in [0, 0.1) is 0 Å². The lowest BCUT2D eigenvalue weighted by Crippen LogP contribution is -2.43. The Kier molecular flexibility index (Phi) is 6.94. The molecule has 26 heavy (non-hydrogen) atoms. The topological polar surface area (TPSA) is 57.7 Å². The van der Waals surface area contributed by atoms with Crippen molar-refractivity contribution in [3.63, 3.8) is 0 Å². The number of sulfonamides is 1. The molecule has 0 aliphatic carbocycles. The maximum atomic E-state index is 12.8. The van der Waals surface area contributed by atoms with Crippen LogP contribution in [-0.4, -0.2) is 42.9 Å². The van der Waals surface area contributed by atoms with Gasteiger partial charge in [-0.2, -0.15) is 4.31 Å². The van der Waals surface area contributed by atoms with Crippen LogP contribution in [0.4, 0.5) is 0 Å². The van der Waals surface area contributed by atoms with E-state index in [4.69, 9.17) is 0 Å². The van der Waals surface area contributed by atoms with Crippen molar-refractivity contribution in [2.45, 2.75) is 26.4 Å². The van der Waals surface area contributed by atoms with Crippen LogP contribution in [0.3, 0.4) is 0 Å². The third-order valence-corrected chi connectivity index (χ3v) is 5.68. The highest BCUT2D eigenvalue weighted by Crippen LogP contribution is 2.22. The van der Waals surface area contributed by atoms with Crippen LogP contribution < -0.4 is 0 Å². The van der Waals surface area contributed by atoms with Gasteiger partial charge in [-0.15, -0.1) is 0 Å². The normalized spacial score (nSPS) is 12.8. The van der Waals surface area contributed by atoms with Gasteiger partial charge < -0.3 is 4.90 Å². The number of rotatable bonds is 8. The zero-order chi connectivity index (χ0) is 19.2. The fraction of sp³-hybridized carbons (Fsp3) is 0.350. The summed E-state index contributed by atoms with van der Waals surface area (Å²) in [6.07, 6.45) is 1.15. The van der Waals surface area contributed by atoms with E-state index in [0.29, 0.717) is 13.1 Å². The summed E-state index contributed by atoms with van der Waals surface area (Å²) in [6.45, 7) is 4.51. The first-order valence-electron chi connectivity index (χ1n) is 8.66. The van der Waals surface area contributed by atoms with Gasteiger partial charge in [0.15, 0.2) is 0 Å². The molecule has 5 nitrogen and oxygen atoms in total. The van der Waals surface area contributed by atoms with Crippen LogP contribution in [-0.2, 0) is 21.4 Å². The minimum absolute atomic E-state index is 0.171. The van der Waals surface area contributed by atoms with Gasteiger partial charge in [-0.1, -0.05) is 60.7 Å². The lowest BCUT2D eigenvalue weighted by atomic mass is 10.1. The third kappa shape index (κ3) is 5.41. The van der Waals surface area contributed by atoms with E-state index in [-0.39, 0.29) is 12.5 Å². The summed E-state index contributed by atoms with van der Waals surface area (Å²) < 4.78 is 25.9. The molecule has 0 bridgehead atoms. The summed E-state index contributed by atoms with van der Waals surface area (Å²) in [7, 11) is -3.54. The standard InChI is InChI=1S/C20H26N2O3S/c1-4-21(15-18-11-7-5-8-12-18)20(23)16-22(26(3,24)25)17(2)19-13-9-6-10-14-19/h5-14,17H,4,15-16H2,1-3H3. The van der Waals surface area contributed by atoms with Crippen LogP contribution in [0.1, 0.15) is 31.0 Å². The molecule has 1 amide bonds. The number of carbonyl (C=O) groups excluding carboxylic acids is 1. The minimum Gasteiger partial charge on any atom is -0.338 e. The van der Waals surface area contributed by atoms with E-state index in [2.05, 4.69) is 0 Å². The van der Waals surface area contributed by atoms with Crippen molar-refractivity contribution >= 4 is 15.9 Å². The van der Waals surface area contributed by atoms with Crippen LogP contribution in [0.5, 0.6) is 0 Å². The van der Waals surface area contributed by atoms with Gasteiger partial charge in [-0.25, -0.2) is 8.42 Å². The molecule has 0 N–H and O–H groups in total. The van der Waals surface area contributed by atoms with E-state index in [1.807, 2.05) is 67.6 Å². The molecule has 0 heterocycles. The highest BCUT2D eigenvalue weighted by atomic mass is 32.2. The number of benzene rings is 2. The lowest BCUT2D eigenvalue weighted by molar-refractivity contribution is -0.132. The summed E-state index contributed by atoms with van der Waals surface area (Å²) in [5.41, 5.74) is 1.88. The number of carbonyl (C=O) groups is 1. The second kappa shape index (κ2) is 8.96. The molecule has 6 heteroatoms. The Hall–Kier alpha value is -2.18. The van der Waals surface area contributed by atoms with E-state index < -0.39 is 16.1 Å². The maximum Gasteiger partial charge on any atom is 0.238 e. The summed E-state index contributed by atoms with van der Waals surface area (Å²) in [4.78, 5) is 14.5. The molecule has 0 saturated carbocycles. The van der Waals surface area contributed by atoms with Gasteiger partial charge in [0.2, 0.25) is 15.9 Å². The third-order valence-electron chi connectivity index (χ3n) is 4.38. The Labute approximate surface area is 156 Å². The Morgan fingerprint density at radius 3 is 2.04 bits per heavy atom. The van der Waals surface area contributed by atoms with Crippen LogP contribution in [0.15, 0.2) is 60.7 Å². The lowest BCUT2D eigenvalue weighted by Gasteiger charge is -2.29. The van der Waals surface area contributed by atoms with E-state index in [9.17, 15) is 13.2 Å². The van der Waals surface area contributed by atoms with Crippen molar-refractivity contribution in [1.82, 2.24) is 9.21 Å². The summed E-state index contributed by atoms with van der Waals surface area (Å²) >= 11 is 0. The first kappa shape index (κ1) is 20.1. The average molecular weight is 375 g/mol. The molecule has 0 aliphatic rings. The zero-order valence-corrected chi connectivity index (χ0v) is 16.3. The highest BCUT2D eigenvalue weighted by molar-refractivity contribution is 7.88. The van der Waals surface area contributed by atoms with Gasteiger partial charge >= 0.3 is 0 Å². The smallest absolute Gasteiger partial charge is 0.238 e. The van der Waals surface area contributed by atoms with Crippen molar-refractivity contribution in [1.29, 1.82) is 0 Å². The van der Waals surface area contributed by atoms with Gasteiger partial charge in [0.1, 0.15) is 0 Å². The molecule has 0 aliphatic heterocycles. The van der Waals surface area contributed by atoms with Crippen molar-refractivity contribution < 1.29 is 13.2 Å². The number of hydrogen-bond donors (Lipinski definition) is 0. The zero-order valence-electron chi connectivity index (χ0n) is 15.5. The van der Waals surface area contributed by atoms with Crippen LogP contribution in [0.25, 0.3) is 0 Å².